The van der Waals surface area contributed by atoms with Crippen LogP contribution in [0.3, 0.4) is 0 Å². The van der Waals surface area contributed by atoms with Crippen LogP contribution in [0.25, 0.3) is 16.8 Å². The van der Waals surface area contributed by atoms with E-state index in [-0.39, 0.29) is 48.7 Å². The van der Waals surface area contributed by atoms with Crippen molar-refractivity contribution in [3.8, 4) is 22.6 Å². The Balaban J connectivity index is 1.25. The predicted octanol–water partition coefficient (Wildman–Crippen LogP) is 4.63. The standard InChI is InChI=1S/C30H26F6N6O5S/c31-29(32,33)5-10-48(46,47)39-27(44)19-1-3-24(4-2-19)40-6-8-41(9-7-40)28(45)20-11-23(30(34,35)36)14-25(12-20)42-18-22(16-38-42)21-13-26(43)17-37-15-21/h1-4,11-18,43H,5-10H2,(H,39,44). The molecule has 0 atom stereocenters. The summed E-state index contributed by atoms with van der Waals surface area (Å²) < 4.78 is 105. The Morgan fingerprint density at radius 1 is 0.833 bits per heavy atom. The lowest BCUT2D eigenvalue weighted by Gasteiger charge is -2.36. The van der Waals surface area contributed by atoms with E-state index in [0.29, 0.717) is 16.8 Å². The Kier molecular flexibility index (Phi) is 9.39. The van der Waals surface area contributed by atoms with Gasteiger partial charge in [0.2, 0.25) is 10.0 Å². The van der Waals surface area contributed by atoms with Crippen molar-refractivity contribution < 1.29 is 49.5 Å². The van der Waals surface area contributed by atoms with Gasteiger partial charge in [-0.3, -0.25) is 14.6 Å². The molecule has 1 aliphatic heterocycles. The SMILES string of the molecule is O=C(NS(=O)(=O)CCC(F)(F)F)c1ccc(N2CCN(C(=O)c3cc(-n4cc(-c5cncc(O)c5)cn4)cc(C(F)(F)F)c3)CC2)cc1. The third-order valence-electron chi connectivity index (χ3n) is 7.36. The zero-order valence-electron chi connectivity index (χ0n) is 24.7. The Labute approximate surface area is 269 Å². The Hall–Kier alpha value is -5.13. The van der Waals surface area contributed by atoms with Crippen LogP contribution in [0.2, 0.25) is 0 Å². The first-order valence-electron chi connectivity index (χ1n) is 14.1. The largest absolute Gasteiger partial charge is 0.506 e. The van der Waals surface area contributed by atoms with Crippen molar-refractivity contribution in [3.05, 3.63) is 90.0 Å². The van der Waals surface area contributed by atoms with E-state index in [4.69, 9.17) is 0 Å². The Bertz CT molecular complexity index is 1920. The summed E-state index contributed by atoms with van der Waals surface area (Å²) in [5.74, 6) is -3.13. The summed E-state index contributed by atoms with van der Waals surface area (Å²) >= 11 is 0. The molecule has 0 saturated carbocycles. The maximum atomic E-state index is 13.9. The molecule has 3 heterocycles. The maximum Gasteiger partial charge on any atom is 0.416 e. The first-order chi connectivity index (χ1) is 22.5. The highest BCUT2D eigenvalue weighted by atomic mass is 32.2. The first-order valence-corrected chi connectivity index (χ1v) is 15.8. The number of anilines is 1. The molecule has 2 aromatic heterocycles. The topological polar surface area (TPSA) is 138 Å². The number of sulfonamides is 1. The second-order valence-electron chi connectivity index (χ2n) is 10.8. The highest BCUT2D eigenvalue weighted by Crippen LogP contribution is 2.33. The van der Waals surface area contributed by atoms with Crippen LogP contribution in [0.15, 0.2) is 73.3 Å². The van der Waals surface area contributed by atoms with Crippen molar-refractivity contribution in [2.75, 3.05) is 36.8 Å². The smallest absolute Gasteiger partial charge is 0.416 e. The number of alkyl halides is 6. The number of carbonyl (C=O) groups excluding carboxylic acids is 2. The van der Waals surface area contributed by atoms with Crippen molar-refractivity contribution >= 4 is 27.5 Å². The van der Waals surface area contributed by atoms with E-state index in [1.54, 1.807) is 4.72 Å². The molecule has 18 heteroatoms. The lowest BCUT2D eigenvalue weighted by molar-refractivity contribution is -0.137. The molecule has 1 aliphatic rings. The van der Waals surface area contributed by atoms with Gasteiger partial charge in [0, 0.05) is 66.5 Å². The van der Waals surface area contributed by atoms with Crippen LogP contribution in [0.5, 0.6) is 5.75 Å². The molecule has 48 heavy (non-hydrogen) atoms. The number of hydrogen-bond acceptors (Lipinski definition) is 8. The zero-order valence-corrected chi connectivity index (χ0v) is 25.5. The van der Waals surface area contributed by atoms with Crippen molar-refractivity contribution in [1.82, 2.24) is 24.4 Å². The third-order valence-corrected chi connectivity index (χ3v) is 8.60. The van der Waals surface area contributed by atoms with E-state index < -0.39 is 51.9 Å². The van der Waals surface area contributed by atoms with Crippen LogP contribution in [-0.2, 0) is 16.2 Å². The molecule has 1 saturated heterocycles. The van der Waals surface area contributed by atoms with E-state index in [0.717, 1.165) is 12.1 Å². The average Bonchev–Trinajstić information content (AvgIpc) is 3.53. The molecule has 0 aliphatic carbocycles. The number of aromatic nitrogens is 3. The van der Waals surface area contributed by atoms with E-state index in [9.17, 15) is 49.5 Å². The highest BCUT2D eigenvalue weighted by molar-refractivity contribution is 7.90. The predicted molar refractivity (Wildman–Crippen MR) is 160 cm³/mol. The van der Waals surface area contributed by atoms with Crippen molar-refractivity contribution in [3.63, 3.8) is 0 Å². The van der Waals surface area contributed by atoms with Gasteiger partial charge in [0.15, 0.2) is 0 Å². The minimum atomic E-state index is -4.76. The number of halogens is 6. The van der Waals surface area contributed by atoms with Gasteiger partial charge >= 0.3 is 12.4 Å². The lowest BCUT2D eigenvalue weighted by Crippen LogP contribution is -2.48. The molecule has 0 spiro atoms. The van der Waals surface area contributed by atoms with E-state index in [1.165, 1.54) is 70.8 Å². The second-order valence-corrected chi connectivity index (χ2v) is 12.7. The maximum absolute atomic E-state index is 13.9. The van der Waals surface area contributed by atoms with Gasteiger partial charge in [-0.1, -0.05) is 0 Å². The fourth-order valence-electron chi connectivity index (χ4n) is 4.90. The molecular formula is C30H26F6N6O5S. The number of piperazine rings is 1. The highest BCUT2D eigenvalue weighted by Gasteiger charge is 2.33. The molecule has 2 amide bonds. The first kappa shape index (κ1) is 34.2. The number of nitrogens with one attached hydrogen (secondary N) is 1. The second kappa shape index (κ2) is 13.2. The number of pyridine rings is 1. The van der Waals surface area contributed by atoms with Gasteiger partial charge in [-0.05, 0) is 48.5 Å². The number of benzene rings is 2. The quantitative estimate of drug-likeness (QED) is 0.255. The Morgan fingerprint density at radius 2 is 1.52 bits per heavy atom. The van der Waals surface area contributed by atoms with Crippen LogP contribution in [0, 0.1) is 0 Å². The van der Waals surface area contributed by atoms with Gasteiger partial charge in [-0.25, -0.2) is 17.8 Å². The molecule has 5 rings (SSSR count). The summed E-state index contributed by atoms with van der Waals surface area (Å²) in [4.78, 5) is 32.8. The van der Waals surface area contributed by atoms with Crippen LogP contribution in [0.4, 0.5) is 32.0 Å². The van der Waals surface area contributed by atoms with Gasteiger partial charge in [0.05, 0.1) is 35.8 Å². The van der Waals surface area contributed by atoms with Gasteiger partial charge in [0.1, 0.15) is 5.75 Å². The molecule has 11 nitrogen and oxygen atoms in total. The van der Waals surface area contributed by atoms with Gasteiger partial charge in [-0.15, -0.1) is 0 Å². The van der Waals surface area contributed by atoms with Crippen molar-refractivity contribution in [1.29, 1.82) is 0 Å². The van der Waals surface area contributed by atoms with Crippen LogP contribution >= 0.6 is 0 Å². The van der Waals surface area contributed by atoms with E-state index in [2.05, 4.69) is 10.1 Å². The lowest BCUT2D eigenvalue weighted by atomic mass is 10.1. The summed E-state index contributed by atoms with van der Waals surface area (Å²) in [7, 11) is -4.52. The molecular weight excluding hydrogens is 670 g/mol. The van der Waals surface area contributed by atoms with Gasteiger partial charge in [-0.2, -0.15) is 31.4 Å². The van der Waals surface area contributed by atoms with Crippen LogP contribution < -0.4 is 9.62 Å². The molecule has 2 aromatic carbocycles. The van der Waals surface area contributed by atoms with Crippen molar-refractivity contribution in [2.45, 2.75) is 18.8 Å². The van der Waals surface area contributed by atoms with Crippen molar-refractivity contribution in [2.24, 2.45) is 0 Å². The summed E-state index contributed by atoms with van der Waals surface area (Å²) in [6.07, 6.45) is -5.57. The third kappa shape index (κ3) is 8.41. The van der Waals surface area contributed by atoms with E-state index >= 15 is 0 Å². The zero-order chi connectivity index (χ0) is 34.9. The van der Waals surface area contributed by atoms with Gasteiger partial charge < -0.3 is 14.9 Å². The molecule has 4 aromatic rings. The minimum absolute atomic E-state index is 0.0107. The fourth-order valence-corrected chi connectivity index (χ4v) is 5.91. The normalized spacial score (nSPS) is 14.2. The summed E-state index contributed by atoms with van der Waals surface area (Å²) in [6.45, 7) is 0.825. The number of nitrogens with zero attached hydrogens (tertiary/aromatic N) is 5. The molecule has 2 N–H and O–H groups in total. The number of carbonyl (C=O) groups is 2. The van der Waals surface area contributed by atoms with Crippen LogP contribution in [0.1, 0.15) is 32.7 Å². The monoisotopic (exact) mass is 696 g/mol. The molecule has 254 valence electrons. The Morgan fingerprint density at radius 3 is 2.15 bits per heavy atom. The number of hydrogen-bond donors (Lipinski definition) is 2. The average molecular weight is 697 g/mol. The number of rotatable bonds is 8. The number of aromatic hydroxyl groups is 1. The van der Waals surface area contributed by atoms with Gasteiger partial charge in [0.25, 0.3) is 11.8 Å². The molecule has 1 fully saturated rings. The summed E-state index contributed by atoms with van der Waals surface area (Å²) in [5, 5.41) is 13.8. The fraction of sp³-hybridized carbons (Fsp3) is 0.267. The minimum Gasteiger partial charge on any atom is -0.506 e. The summed E-state index contributed by atoms with van der Waals surface area (Å²) in [5.41, 5.74) is 0.180. The van der Waals surface area contributed by atoms with Crippen LogP contribution in [-0.4, -0.2) is 83.1 Å². The summed E-state index contributed by atoms with van der Waals surface area (Å²) in [6, 6.07) is 9.95. The molecule has 0 bridgehead atoms. The number of amides is 2. The molecule has 0 radical (unpaired) electrons. The molecule has 0 unspecified atom stereocenters. The van der Waals surface area contributed by atoms with E-state index in [1.807, 2.05) is 4.90 Å².